The first-order valence-corrected chi connectivity index (χ1v) is 12.3. The van der Waals surface area contributed by atoms with Crippen molar-refractivity contribution in [2.75, 3.05) is 7.11 Å². The fraction of sp³-hybridized carbons (Fsp3) is 0.0435. The first kappa shape index (κ1) is 22.0. The van der Waals surface area contributed by atoms with Crippen molar-refractivity contribution in [3.63, 3.8) is 0 Å². The summed E-state index contributed by atoms with van der Waals surface area (Å²) in [6, 6.07) is 20.7. The zero-order valence-electron chi connectivity index (χ0n) is 16.7. The zero-order valence-corrected chi connectivity index (χ0v) is 19.9. The molecule has 0 unspecified atom stereocenters. The molecule has 0 N–H and O–H groups in total. The zero-order chi connectivity index (χ0) is 22.7. The van der Waals surface area contributed by atoms with E-state index in [9.17, 15) is 13.7 Å². The van der Waals surface area contributed by atoms with Crippen LogP contribution in [0.25, 0.3) is 21.9 Å². The van der Waals surface area contributed by atoms with E-state index in [0.29, 0.717) is 26.4 Å². The number of benzene rings is 3. The van der Waals surface area contributed by atoms with Crippen molar-refractivity contribution >= 4 is 59.3 Å². The monoisotopic (exact) mass is 526 g/mol. The molecule has 4 aromatic rings. The molecule has 3 aromatic carbocycles. The van der Waals surface area contributed by atoms with Gasteiger partial charge in [0.2, 0.25) is 0 Å². The minimum atomic E-state index is -4.02. The van der Waals surface area contributed by atoms with Crippen molar-refractivity contribution in [2.45, 2.75) is 4.90 Å². The molecule has 0 atom stereocenters. The van der Waals surface area contributed by atoms with Gasteiger partial charge in [0.25, 0.3) is 0 Å². The number of hydrogen-bond donors (Lipinski definition) is 0. The molecule has 9 heteroatoms. The third kappa shape index (κ3) is 4.67. The number of rotatable bonds is 6. The van der Waals surface area contributed by atoms with Crippen molar-refractivity contribution < 1.29 is 17.3 Å². The molecular formula is C23H15BrN2O4S2. The predicted octanol–water partition coefficient (Wildman–Crippen LogP) is 5.90. The van der Waals surface area contributed by atoms with E-state index in [1.165, 1.54) is 36.6 Å². The van der Waals surface area contributed by atoms with Crippen molar-refractivity contribution in [2.24, 2.45) is 0 Å². The number of fused-ring (bicyclic) bond motifs is 1. The summed E-state index contributed by atoms with van der Waals surface area (Å²) in [5.41, 5.74) is 1.95. The summed E-state index contributed by atoms with van der Waals surface area (Å²) in [5.74, 6) is 0.680. The van der Waals surface area contributed by atoms with Crippen LogP contribution in [0.15, 0.2) is 76.1 Å². The average molecular weight is 527 g/mol. The predicted molar refractivity (Wildman–Crippen MR) is 128 cm³/mol. The molecule has 6 nitrogen and oxygen atoms in total. The van der Waals surface area contributed by atoms with Gasteiger partial charge in [0, 0.05) is 0 Å². The summed E-state index contributed by atoms with van der Waals surface area (Å²) in [4.78, 5) is 4.53. The van der Waals surface area contributed by atoms with E-state index in [-0.39, 0.29) is 10.6 Å². The van der Waals surface area contributed by atoms with E-state index in [2.05, 4.69) is 27.0 Å². The van der Waals surface area contributed by atoms with Gasteiger partial charge in [-0.15, -0.1) is 11.3 Å². The van der Waals surface area contributed by atoms with Crippen LogP contribution in [0.1, 0.15) is 10.6 Å². The van der Waals surface area contributed by atoms with Gasteiger partial charge >= 0.3 is 10.1 Å². The van der Waals surface area contributed by atoms with Gasteiger partial charge in [-0.2, -0.15) is 13.7 Å². The molecule has 1 aromatic heterocycles. The van der Waals surface area contributed by atoms with Gasteiger partial charge in [0.15, 0.2) is 5.75 Å². The number of nitrogens with zero attached hydrogens (tertiary/aromatic N) is 2. The standard InChI is InChI=1S/C23H15BrN2O4S2/c1-29-17-7-9-18(10-8-17)32(27,28)30-21-11-6-15(13-19(21)24)12-16(14-25)23-26-20-4-2-3-5-22(20)31-23/h2-13H,1H3/b16-12+. The SMILES string of the molecule is COc1ccc(S(=O)(=O)Oc2ccc(/C=C(\C#N)c3nc4ccccc4s3)cc2Br)cc1. The van der Waals surface area contributed by atoms with Gasteiger partial charge < -0.3 is 8.92 Å². The van der Waals surface area contributed by atoms with Gasteiger partial charge in [0.1, 0.15) is 21.7 Å². The summed E-state index contributed by atoms with van der Waals surface area (Å²) in [6.07, 6.45) is 1.70. The number of methoxy groups -OCH3 is 1. The van der Waals surface area contributed by atoms with Crippen molar-refractivity contribution in [3.05, 3.63) is 81.8 Å². The molecule has 0 aliphatic heterocycles. The van der Waals surface area contributed by atoms with Crippen LogP contribution in [0.2, 0.25) is 0 Å². The Balaban J connectivity index is 1.60. The van der Waals surface area contributed by atoms with E-state index in [4.69, 9.17) is 8.92 Å². The number of aromatic nitrogens is 1. The number of ether oxygens (including phenoxy) is 1. The summed E-state index contributed by atoms with van der Waals surface area (Å²) in [5, 5.41) is 10.2. The molecule has 160 valence electrons. The highest BCUT2D eigenvalue weighted by Gasteiger charge is 2.18. The van der Waals surface area contributed by atoms with Crippen LogP contribution in [-0.4, -0.2) is 20.5 Å². The van der Waals surface area contributed by atoms with E-state index in [1.807, 2.05) is 24.3 Å². The molecule has 0 aliphatic rings. The third-order valence-electron chi connectivity index (χ3n) is 4.46. The Kier molecular flexibility index (Phi) is 6.28. The number of nitriles is 1. The van der Waals surface area contributed by atoms with Crippen LogP contribution in [0.5, 0.6) is 11.5 Å². The fourth-order valence-corrected chi connectivity index (χ4v) is 5.34. The molecule has 0 spiro atoms. The number of allylic oxidation sites excluding steroid dienone is 1. The number of hydrogen-bond acceptors (Lipinski definition) is 7. The Morgan fingerprint density at radius 2 is 1.88 bits per heavy atom. The first-order chi connectivity index (χ1) is 15.4. The van der Waals surface area contributed by atoms with Crippen LogP contribution in [0, 0.1) is 11.3 Å². The van der Waals surface area contributed by atoms with Crippen LogP contribution in [0.3, 0.4) is 0 Å². The largest absolute Gasteiger partial charge is 0.497 e. The minimum Gasteiger partial charge on any atom is -0.497 e. The molecule has 1 heterocycles. The van der Waals surface area contributed by atoms with Gasteiger partial charge in [-0.3, -0.25) is 0 Å². The van der Waals surface area contributed by atoms with Crippen molar-refractivity contribution in [1.29, 1.82) is 5.26 Å². The third-order valence-corrected chi connectivity index (χ3v) is 7.40. The van der Waals surface area contributed by atoms with E-state index in [1.54, 1.807) is 30.3 Å². The molecule has 0 saturated carbocycles. The number of thiazole rings is 1. The summed E-state index contributed by atoms with van der Waals surface area (Å²) < 4.78 is 36.9. The Labute approximate surface area is 197 Å². The summed E-state index contributed by atoms with van der Waals surface area (Å²) >= 11 is 4.79. The minimum absolute atomic E-state index is 0.0109. The maximum atomic E-state index is 12.6. The van der Waals surface area contributed by atoms with Crippen LogP contribution < -0.4 is 8.92 Å². The molecule has 0 bridgehead atoms. The Bertz CT molecular complexity index is 1440. The smallest absolute Gasteiger partial charge is 0.339 e. The molecular weight excluding hydrogens is 512 g/mol. The fourth-order valence-electron chi connectivity index (χ4n) is 2.88. The normalized spacial score (nSPS) is 11.8. The highest BCUT2D eigenvalue weighted by atomic mass is 79.9. The second-order valence-corrected chi connectivity index (χ2v) is 9.99. The average Bonchev–Trinajstić information content (AvgIpc) is 3.23. The molecule has 4 rings (SSSR count). The Morgan fingerprint density at radius 3 is 2.53 bits per heavy atom. The lowest BCUT2D eigenvalue weighted by molar-refractivity contribution is 0.414. The van der Waals surface area contributed by atoms with Gasteiger partial charge in [0.05, 0.1) is 27.4 Å². The van der Waals surface area contributed by atoms with E-state index in [0.717, 1.165) is 10.2 Å². The summed E-state index contributed by atoms with van der Waals surface area (Å²) in [6.45, 7) is 0. The van der Waals surface area contributed by atoms with E-state index < -0.39 is 10.1 Å². The topological polar surface area (TPSA) is 89.3 Å². The number of halogens is 1. The highest BCUT2D eigenvalue weighted by Crippen LogP contribution is 2.32. The number of para-hydroxylation sites is 1. The van der Waals surface area contributed by atoms with Crippen LogP contribution >= 0.6 is 27.3 Å². The molecule has 0 fully saturated rings. The Morgan fingerprint density at radius 1 is 1.12 bits per heavy atom. The molecule has 0 radical (unpaired) electrons. The van der Waals surface area contributed by atoms with Gasteiger partial charge in [-0.25, -0.2) is 4.98 Å². The van der Waals surface area contributed by atoms with Crippen LogP contribution in [-0.2, 0) is 10.1 Å². The maximum absolute atomic E-state index is 12.6. The van der Waals surface area contributed by atoms with Gasteiger partial charge in [-0.05, 0) is 76.1 Å². The lowest BCUT2D eigenvalue weighted by atomic mass is 10.1. The molecule has 0 amide bonds. The second-order valence-electron chi connectivity index (χ2n) is 6.56. The van der Waals surface area contributed by atoms with E-state index >= 15 is 0 Å². The quantitative estimate of drug-likeness (QED) is 0.229. The van der Waals surface area contributed by atoms with Crippen molar-refractivity contribution in [1.82, 2.24) is 4.98 Å². The molecule has 32 heavy (non-hydrogen) atoms. The first-order valence-electron chi connectivity index (χ1n) is 9.25. The second kappa shape index (κ2) is 9.12. The van der Waals surface area contributed by atoms with Crippen molar-refractivity contribution in [3.8, 4) is 17.6 Å². The maximum Gasteiger partial charge on any atom is 0.339 e. The Hall–Kier alpha value is -3.19. The molecule has 0 saturated heterocycles. The lowest BCUT2D eigenvalue weighted by Gasteiger charge is -2.10. The van der Waals surface area contributed by atoms with Crippen LogP contribution in [0.4, 0.5) is 0 Å². The lowest BCUT2D eigenvalue weighted by Crippen LogP contribution is -2.10. The summed E-state index contributed by atoms with van der Waals surface area (Å²) in [7, 11) is -2.52. The highest BCUT2D eigenvalue weighted by molar-refractivity contribution is 9.10. The van der Waals surface area contributed by atoms with Gasteiger partial charge in [-0.1, -0.05) is 18.2 Å². The molecule has 0 aliphatic carbocycles.